The Morgan fingerprint density at radius 2 is 1.92 bits per heavy atom. The summed E-state index contributed by atoms with van der Waals surface area (Å²) >= 11 is 1.35. The molecular formula is C20H22N4OS. The molecule has 0 radical (unpaired) electrons. The number of rotatable bonds is 5. The zero-order chi connectivity index (χ0) is 18.6. The Morgan fingerprint density at radius 3 is 2.62 bits per heavy atom. The van der Waals surface area contributed by atoms with Crippen molar-refractivity contribution in [2.24, 2.45) is 5.10 Å². The third kappa shape index (κ3) is 4.73. The van der Waals surface area contributed by atoms with E-state index in [0.29, 0.717) is 0 Å². The standard InChI is InChI=1S/C20H22N4OS/c1-20(2,3)15-10-8-14(9-11-15)12-21-24-18(25)13-26-19-22-16-6-4-5-7-17(16)23-19/h4-12H,13H2,1-3H3,(H,22,23)(H,24,25). The van der Waals surface area contributed by atoms with E-state index in [2.05, 4.69) is 53.4 Å². The topological polar surface area (TPSA) is 70.1 Å². The lowest BCUT2D eigenvalue weighted by Gasteiger charge is -2.18. The number of hydrazone groups is 1. The molecule has 3 aromatic rings. The molecule has 134 valence electrons. The summed E-state index contributed by atoms with van der Waals surface area (Å²) in [5, 5.41) is 4.75. The van der Waals surface area contributed by atoms with Crippen LogP contribution in [0.4, 0.5) is 0 Å². The Morgan fingerprint density at radius 1 is 1.19 bits per heavy atom. The smallest absolute Gasteiger partial charge is 0.250 e. The Labute approximate surface area is 157 Å². The van der Waals surface area contributed by atoms with Crippen molar-refractivity contribution < 1.29 is 4.79 Å². The number of nitrogens with one attached hydrogen (secondary N) is 2. The van der Waals surface area contributed by atoms with Crippen LogP contribution in [-0.4, -0.2) is 27.8 Å². The van der Waals surface area contributed by atoms with Gasteiger partial charge in [0.2, 0.25) is 0 Å². The number of hydrogen-bond acceptors (Lipinski definition) is 4. The Bertz CT molecular complexity index is 890. The number of para-hydroxylation sites is 2. The summed E-state index contributed by atoms with van der Waals surface area (Å²) in [6, 6.07) is 15.9. The molecule has 0 atom stereocenters. The minimum Gasteiger partial charge on any atom is -0.333 e. The molecule has 0 unspecified atom stereocenters. The number of benzene rings is 2. The maximum atomic E-state index is 11.9. The first-order valence-corrected chi connectivity index (χ1v) is 9.40. The van der Waals surface area contributed by atoms with Crippen LogP contribution in [0.3, 0.4) is 0 Å². The van der Waals surface area contributed by atoms with Crippen LogP contribution >= 0.6 is 11.8 Å². The van der Waals surface area contributed by atoms with Crippen LogP contribution in [0.25, 0.3) is 11.0 Å². The molecule has 2 aromatic carbocycles. The molecule has 0 bridgehead atoms. The fourth-order valence-electron chi connectivity index (χ4n) is 2.41. The van der Waals surface area contributed by atoms with E-state index in [1.165, 1.54) is 17.3 Å². The number of carbonyl (C=O) groups excluding carboxylic acids is 1. The molecule has 26 heavy (non-hydrogen) atoms. The van der Waals surface area contributed by atoms with Crippen molar-refractivity contribution in [1.82, 2.24) is 15.4 Å². The average molecular weight is 366 g/mol. The summed E-state index contributed by atoms with van der Waals surface area (Å²) in [7, 11) is 0. The predicted molar refractivity (Wildman–Crippen MR) is 108 cm³/mol. The molecule has 0 aliphatic carbocycles. The number of nitrogens with zero attached hydrogens (tertiary/aromatic N) is 2. The summed E-state index contributed by atoms with van der Waals surface area (Å²) in [4.78, 5) is 19.5. The van der Waals surface area contributed by atoms with Gasteiger partial charge in [0.15, 0.2) is 5.16 Å². The second-order valence-electron chi connectivity index (χ2n) is 7.01. The predicted octanol–water partition coefficient (Wildman–Crippen LogP) is 4.10. The van der Waals surface area contributed by atoms with Gasteiger partial charge in [0, 0.05) is 0 Å². The first kappa shape index (κ1) is 18.2. The maximum Gasteiger partial charge on any atom is 0.250 e. The van der Waals surface area contributed by atoms with Crippen LogP contribution in [0, 0.1) is 0 Å². The minimum absolute atomic E-state index is 0.123. The van der Waals surface area contributed by atoms with E-state index in [9.17, 15) is 4.79 Å². The highest BCUT2D eigenvalue weighted by Crippen LogP contribution is 2.22. The highest BCUT2D eigenvalue weighted by molar-refractivity contribution is 7.99. The molecule has 1 aromatic heterocycles. The summed E-state index contributed by atoms with van der Waals surface area (Å²) in [5.74, 6) is 0.0816. The highest BCUT2D eigenvalue weighted by atomic mass is 32.2. The number of fused-ring (bicyclic) bond motifs is 1. The monoisotopic (exact) mass is 366 g/mol. The molecule has 2 N–H and O–H groups in total. The van der Waals surface area contributed by atoms with Gasteiger partial charge in [-0.2, -0.15) is 5.10 Å². The van der Waals surface area contributed by atoms with Gasteiger partial charge in [-0.15, -0.1) is 0 Å². The van der Waals surface area contributed by atoms with Gasteiger partial charge in [0.1, 0.15) is 0 Å². The van der Waals surface area contributed by atoms with E-state index in [1.54, 1.807) is 6.21 Å². The van der Waals surface area contributed by atoms with E-state index < -0.39 is 0 Å². The molecule has 0 saturated carbocycles. The number of aromatic amines is 1. The van der Waals surface area contributed by atoms with Crippen LogP contribution in [0.2, 0.25) is 0 Å². The summed E-state index contributed by atoms with van der Waals surface area (Å²) in [5.41, 5.74) is 6.74. The molecule has 0 saturated heterocycles. The fraction of sp³-hybridized carbons (Fsp3) is 0.250. The molecular weight excluding hydrogens is 344 g/mol. The number of thioether (sulfide) groups is 1. The van der Waals surface area contributed by atoms with Crippen LogP contribution in [0.1, 0.15) is 31.9 Å². The summed E-state index contributed by atoms with van der Waals surface area (Å²) in [6.45, 7) is 6.53. The molecule has 0 aliphatic rings. The lowest BCUT2D eigenvalue weighted by atomic mass is 9.87. The third-order valence-corrected chi connectivity index (χ3v) is 4.76. The lowest BCUT2D eigenvalue weighted by Crippen LogP contribution is -2.19. The number of hydrogen-bond donors (Lipinski definition) is 2. The zero-order valence-corrected chi connectivity index (χ0v) is 15.9. The van der Waals surface area contributed by atoms with Gasteiger partial charge >= 0.3 is 0 Å². The molecule has 0 fully saturated rings. The van der Waals surface area contributed by atoms with Crippen LogP contribution < -0.4 is 5.43 Å². The van der Waals surface area contributed by atoms with Crippen molar-refractivity contribution in [3.05, 3.63) is 59.7 Å². The maximum absolute atomic E-state index is 11.9. The zero-order valence-electron chi connectivity index (χ0n) is 15.1. The second kappa shape index (κ2) is 7.74. The van der Waals surface area contributed by atoms with Crippen LogP contribution in [-0.2, 0) is 10.2 Å². The first-order valence-electron chi connectivity index (χ1n) is 8.42. The van der Waals surface area contributed by atoms with E-state index >= 15 is 0 Å². The Balaban J connectivity index is 1.49. The number of imidazole rings is 1. The van der Waals surface area contributed by atoms with Gasteiger partial charge in [-0.25, -0.2) is 10.4 Å². The van der Waals surface area contributed by atoms with Crippen molar-refractivity contribution in [1.29, 1.82) is 0 Å². The van der Waals surface area contributed by atoms with Gasteiger partial charge in [-0.1, -0.05) is 68.9 Å². The van der Waals surface area contributed by atoms with Crippen LogP contribution in [0.5, 0.6) is 0 Å². The van der Waals surface area contributed by atoms with Crippen molar-refractivity contribution >= 4 is 34.9 Å². The molecule has 0 aliphatic heterocycles. The quantitative estimate of drug-likeness (QED) is 0.406. The Hall–Kier alpha value is -2.60. The lowest BCUT2D eigenvalue weighted by molar-refractivity contribution is -0.118. The average Bonchev–Trinajstić information content (AvgIpc) is 3.03. The Kier molecular flexibility index (Phi) is 5.42. The fourth-order valence-corrected chi connectivity index (χ4v) is 3.09. The normalized spacial score (nSPS) is 12.0. The summed E-state index contributed by atoms with van der Waals surface area (Å²) in [6.07, 6.45) is 1.65. The highest BCUT2D eigenvalue weighted by Gasteiger charge is 2.12. The SMILES string of the molecule is CC(C)(C)c1ccc(C=NNC(=O)CSc2nc3ccccc3[nH]2)cc1. The number of amides is 1. The van der Waals surface area contributed by atoms with Gasteiger partial charge in [0.05, 0.1) is 23.0 Å². The van der Waals surface area contributed by atoms with E-state index in [1.807, 2.05) is 36.4 Å². The van der Waals surface area contributed by atoms with E-state index in [-0.39, 0.29) is 17.1 Å². The molecule has 1 amide bonds. The molecule has 6 heteroatoms. The second-order valence-corrected chi connectivity index (χ2v) is 7.98. The third-order valence-electron chi connectivity index (χ3n) is 3.89. The van der Waals surface area contributed by atoms with E-state index in [0.717, 1.165) is 21.8 Å². The van der Waals surface area contributed by atoms with Crippen molar-refractivity contribution in [2.45, 2.75) is 31.3 Å². The van der Waals surface area contributed by atoms with Crippen molar-refractivity contribution in [2.75, 3.05) is 5.75 Å². The van der Waals surface area contributed by atoms with Crippen molar-refractivity contribution in [3.8, 4) is 0 Å². The summed E-state index contributed by atoms with van der Waals surface area (Å²) < 4.78 is 0. The molecule has 3 rings (SSSR count). The number of H-pyrrole nitrogens is 1. The van der Waals surface area contributed by atoms with Gasteiger partial charge in [-0.05, 0) is 28.7 Å². The number of aromatic nitrogens is 2. The van der Waals surface area contributed by atoms with Gasteiger partial charge in [0.25, 0.3) is 5.91 Å². The minimum atomic E-state index is -0.169. The van der Waals surface area contributed by atoms with Crippen LogP contribution in [0.15, 0.2) is 58.8 Å². The van der Waals surface area contributed by atoms with Gasteiger partial charge in [-0.3, -0.25) is 4.79 Å². The first-order chi connectivity index (χ1) is 12.4. The van der Waals surface area contributed by atoms with Crippen molar-refractivity contribution in [3.63, 3.8) is 0 Å². The number of carbonyl (C=O) groups is 1. The van der Waals surface area contributed by atoms with E-state index in [4.69, 9.17) is 0 Å². The largest absolute Gasteiger partial charge is 0.333 e. The molecule has 1 heterocycles. The molecule has 5 nitrogen and oxygen atoms in total. The van der Waals surface area contributed by atoms with Gasteiger partial charge < -0.3 is 4.98 Å². The molecule has 0 spiro atoms.